The van der Waals surface area contributed by atoms with Crippen molar-refractivity contribution in [1.82, 2.24) is 4.57 Å². The fourth-order valence-corrected chi connectivity index (χ4v) is 3.31. The highest BCUT2D eigenvalue weighted by atomic mass is 16.4. The van der Waals surface area contributed by atoms with Crippen LogP contribution in [0.2, 0.25) is 0 Å². The average molecular weight is 390 g/mol. The number of para-hydroxylation sites is 2. The molecular formula is C23H22N2O4. The Morgan fingerprint density at radius 1 is 0.828 bits per heavy atom. The second-order valence-electron chi connectivity index (χ2n) is 6.44. The van der Waals surface area contributed by atoms with Gasteiger partial charge in [-0.25, -0.2) is 9.59 Å². The molecule has 0 unspecified atom stereocenters. The minimum absolute atomic E-state index is 0.839. The topological polar surface area (TPSA) is 91.6 Å². The number of carbonyl (C=O) groups is 2. The van der Waals surface area contributed by atoms with Gasteiger partial charge in [0.2, 0.25) is 0 Å². The first-order valence-electron chi connectivity index (χ1n) is 9.26. The molecule has 1 aromatic heterocycles. The summed E-state index contributed by atoms with van der Waals surface area (Å²) in [5.41, 5.74) is 5.10. The van der Waals surface area contributed by atoms with E-state index in [9.17, 15) is 0 Å². The Hall–Kier alpha value is -3.80. The lowest BCUT2D eigenvalue weighted by molar-refractivity contribution is -0.159. The van der Waals surface area contributed by atoms with E-state index in [1.54, 1.807) is 0 Å². The summed E-state index contributed by atoms with van der Waals surface area (Å²) >= 11 is 0. The number of hydrogen-bond donors (Lipinski definition) is 3. The fraction of sp³-hybridized carbons (Fsp3) is 0.130. The van der Waals surface area contributed by atoms with Crippen LogP contribution in [0.4, 0.5) is 5.69 Å². The molecule has 6 heteroatoms. The second-order valence-corrected chi connectivity index (χ2v) is 6.44. The Kier molecular flexibility index (Phi) is 6.14. The van der Waals surface area contributed by atoms with Crippen LogP contribution in [-0.4, -0.2) is 26.7 Å². The number of carboxylic acids is 2. The van der Waals surface area contributed by atoms with Crippen LogP contribution in [0.25, 0.3) is 21.8 Å². The van der Waals surface area contributed by atoms with E-state index in [-0.39, 0.29) is 0 Å². The van der Waals surface area contributed by atoms with E-state index < -0.39 is 11.9 Å². The Balaban J connectivity index is 0.000000353. The van der Waals surface area contributed by atoms with Crippen molar-refractivity contribution >= 4 is 39.4 Å². The summed E-state index contributed by atoms with van der Waals surface area (Å²) in [7, 11) is 0. The highest BCUT2D eigenvalue weighted by Gasteiger charge is 2.09. The third kappa shape index (κ3) is 4.55. The van der Waals surface area contributed by atoms with Crippen molar-refractivity contribution in [2.45, 2.75) is 20.0 Å². The van der Waals surface area contributed by atoms with Crippen molar-refractivity contribution in [3.05, 3.63) is 78.4 Å². The molecule has 0 spiro atoms. The van der Waals surface area contributed by atoms with Gasteiger partial charge in [0.1, 0.15) is 0 Å². The zero-order valence-corrected chi connectivity index (χ0v) is 16.0. The van der Waals surface area contributed by atoms with Gasteiger partial charge in [-0.05, 0) is 42.8 Å². The maximum atomic E-state index is 9.10. The number of nitrogens with zero attached hydrogens (tertiary/aromatic N) is 1. The molecule has 0 bridgehead atoms. The van der Waals surface area contributed by atoms with Gasteiger partial charge in [0.15, 0.2) is 0 Å². The summed E-state index contributed by atoms with van der Waals surface area (Å²) in [6.45, 7) is 4.04. The number of carboxylic acid groups (broad SMARTS) is 2. The number of fused-ring (bicyclic) bond motifs is 3. The second kappa shape index (κ2) is 8.93. The van der Waals surface area contributed by atoms with E-state index >= 15 is 0 Å². The molecule has 0 aliphatic rings. The Morgan fingerprint density at radius 2 is 1.45 bits per heavy atom. The van der Waals surface area contributed by atoms with E-state index in [2.05, 4.69) is 83.5 Å². The molecule has 0 fully saturated rings. The molecule has 3 N–H and O–H groups in total. The van der Waals surface area contributed by atoms with Gasteiger partial charge >= 0.3 is 11.9 Å². The highest BCUT2D eigenvalue weighted by Crippen LogP contribution is 2.29. The van der Waals surface area contributed by atoms with Gasteiger partial charge in [-0.1, -0.05) is 42.5 Å². The molecule has 0 saturated carbocycles. The summed E-state index contributed by atoms with van der Waals surface area (Å²) in [6, 6.07) is 25.8. The highest BCUT2D eigenvalue weighted by molar-refractivity contribution is 6.27. The van der Waals surface area contributed by atoms with Crippen LogP contribution in [-0.2, 0) is 22.7 Å². The maximum absolute atomic E-state index is 9.10. The number of aromatic nitrogens is 1. The molecule has 0 saturated heterocycles. The van der Waals surface area contributed by atoms with Gasteiger partial charge in [0.25, 0.3) is 0 Å². The molecule has 0 aliphatic carbocycles. The van der Waals surface area contributed by atoms with Crippen molar-refractivity contribution in [3.8, 4) is 0 Å². The molecule has 0 amide bonds. The summed E-state index contributed by atoms with van der Waals surface area (Å²) in [5.74, 6) is -3.65. The van der Waals surface area contributed by atoms with Gasteiger partial charge in [-0.15, -0.1) is 0 Å². The monoisotopic (exact) mass is 390 g/mol. The largest absolute Gasteiger partial charge is 0.473 e. The number of nitrogens with one attached hydrogen (secondary N) is 1. The number of hydrogen-bond acceptors (Lipinski definition) is 3. The molecule has 29 heavy (non-hydrogen) atoms. The Labute approximate surface area is 168 Å². The zero-order valence-electron chi connectivity index (χ0n) is 16.0. The van der Waals surface area contributed by atoms with E-state index in [1.807, 2.05) is 6.07 Å². The Bertz CT molecular complexity index is 1140. The normalized spacial score (nSPS) is 10.4. The third-order valence-electron chi connectivity index (χ3n) is 4.61. The molecule has 1 heterocycles. The van der Waals surface area contributed by atoms with Crippen molar-refractivity contribution in [3.63, 3.8) is 0 Å². The summed E-state index contributed by atoms with van der Waals surface area (Å²) in [6.07, 6.45) is 0. The van der Waals surface area contributed by atoms with Crippen molar-refractivity contribution in [1.29, 1.82) is 0 Å². The van der Waals surface area contributed by atoms with Crippen LogP contribution in [0, 0.1) is 0 Å². The smallest absolute Gasteiger partial charge is 0.414 e. The lowest BCUT2D eigenvalue weighted by Crippen LogP contribution is -2.09. The standard InChI is InChI=1S/C21H20N2.C2H2O4/c1-2-23-20-11-7-6-10-18(20)19-14-16(12-13-21(19)23)15-22-17-8-4-3-5-9-17;3-1(4)2(5)6/h3-14,22H,2,15H2,1H3;(H,3,4)(H,5,6). The SMILES string of the molecule is CCn1c2ccccc2c2cc(CNc3ccccc3)ccc21.O=C(O)C(=O)O. The lowest BCUT2D eigenvalue weighted by atomic mass is 10.1. The zero-order chi connectivity index (χ0) is 20.8. The van der Waals surface area contributed by atoms with Crippen molar-refractivity contribution in [2.24, 2.45) is 0 Å². The number of aryl methyl sites for hydroxylation is 1. The molecule has 6 nitrogen and oxygen atoms in total. The summed E-state index contributed by atoms with van der Waals surface area (Å²) < 4.78 is 2.39. The van der Waals surface area contributed by atoms with Crippen LogP contribution in [0.15, 0.2) is 72.8 Å². The van der Waals surface area contributed by atoms with E-state index in [4.69, 9.17) is 19.8 Å². The lowest BCUT2D eigenvalue weighted by Gasteiger charge is -2.07. The first-order valence-corrected chi connectivity index (χ1v) is 9.26. The minimum Gasteiger partial charge on any atom is -0.473 e. The molecule has 4 rings (SSSR count). The minimum atomic E-state index is -1.82. The molecule has 0 aliphatic heterocycles. The van der Waals surface area contributed by atoms with Gasteiger partial charge in [0.05, 0.1) is 0 Å². The van der Waals surface area contributed by atoms with Crippen LogP contribution in [0.1, 0.15) is 12.5 Å². The first kappa shape index (κ1) is 19.9. The quantitative estimate of drug-likeness (QED) is 0.444. The maximum Gasteiger partial charge on any atom is 0.414 e. The molecule has 148 valence electrons. The predicted molar refractivity (Wildman–Crippen MR) is 114 cm³/mol. The average Bonchev–Trinajstić information content (AvgIpc) is 3.06. The molecule has 4 aromatic rings. The molecule has 0 radical (unpaired) electrons. The Morgan fingerprint density at radius 3 is 2.10 bits per heavy atom. The molecular weight excluding hydrogens is 368 g/mol. The third-order valence-corrected chi connectivity index (χ3v) is 4.61. The number of aliphatic carboxylic acids is 2. The summed E-state index contributed by atoms with van der Waals surface area (Å²) in [4.78, 5) is 18.2. The van der Waals surface area contributed by atoms with Crippen LogP contribution in [0.5, 0.6) is 0 Å². The van der Waals surface area contributed by atoms with Gasteiger partial charge < -0.3 is 20.1 Å². The number of rotatable bonds is 4. The number of anilines is 1. The number of benzene rings is 3. The van der Waals surface area contributed by atoms with Crippen LogP contribution >= 0.6 is 0 Å². The predicted octanol–water partition coefficient (Wildman–Crippen LogP) is 4.58. The summed E-state index contributed by atoms with van der Waals surface area (Å²) in [5, 5.41) is 21.0. The first-order chi connectivity index (χ1) is 14.0. The van der Waals surface area contributed by atoms with E-state index in [1.165, 1.54) is 27.4 Å². The molecule has 3 aromatic carbocycles. The van der Waals surface area contributed by atoms with Gasteiger partial charge in [-0.2, -0.15) is 0 Å². The van der Waals surface area contributed by atoms with Gasteiger partial charge in [0, 0.05) is 40.6 Å². The van der Waals surface area contributed by atoms with Gasteiger partial charge in [-0.3, -0.25) is 0 Å². The fourth-order valence-electron chi connectivity index (χ4n) is 3.31. The van der Waals surface area contributed by atoms with E-state index in [0.717, 1.165) is 18.8 Å². The van der Waals surface area contributed by atoms with Crippen molar-refractivity contribution < 1.29 is 19.8 Å². The van der Waals surface area contributed by atoms with Crippen LogP contribution < -0.4 is 5.32 Å². The van der Waals surface area contributed by atoms with Crippen LogP contribution in [0.3, 0.4) is 0 Å². The molecule has 0 atom stereocenters. The van der Waals surface area contributed by atoms with E-state index in [0.29, 0.717) is 0 Å². The van der Waals surface area contributed by atoms with Crippen molar-refractivity contribution in [2.75, 3.05) is 5.32 Å².